The summed E-state index contributed by atoms with van der Waals surface area (Å²) in [6.45, 7) is 6.00. The SMILES string of the molecule is CCCn1ccc(NC(=O)c2cccs2)c1C(=O)N1CCN(C)CC1. The number of thiophene rings is 1. The van der Waals surface area contributed by atoms with E-state index in [1.54, 1.807) is 6.07 Å². The highest BCUT2D eigenvalue weighted by molar-refractivity contribution is 7.12. The highest BCUT2D eigenvalue weighted by Crippen LogP contribution is 2.22. The monoisotopic (exact) mass is 360 g/mol. The quantitative estimate of drug-likeness (QED) is 0.892. The van der Waals surface area contributed by atoms with Crippen molar-refractivity contribution in [3.8, 4) is 0 Å². The molecule has 0 aliphatic carbocycles. The summed E-state index contributed by atoms with van der Waals surface area (Å²) >= 11 is 1.39. The highest BCUT2D eigenvalue weighted by atomic mass is 32.1. The number of aryl methyl sites for hydroxylation is 1. The Balaban J connectivity index is 1.84. The molecule has 3 heterocycles. The van der Waals surface area contributed by atoms with Gasteiger partial charge in [0.15, 0.2) is 0 Å². The summed E-state index contributed by atoms with van der Waals surface area (Å²) in [5.41, 5.74) is 1.17. The molecular weight excluding hydrogens is 336 g/mol. The molecule has 2 aromatic rings. The van der Waals surface area contributed by atoms with Gasteiger partial charge in [0, 0.05) is 38.9 Å². The van der Waals surface area contributed by atoms with Gasteiger partial charge in [-0.15, -0.1) is 11.3 Å². The van der Waals surface area contributed by atoms with E-state index in [4.69, 9.17) is 0 Å². The van der Waals surface area contributed by atoms with Crippen LogP contribution in [0.4, 0.5) is 5.69 Å². The number of hydrogen-bond acceptors (Lipinski definition) is 4. The summed E-state index contributed by atoms with van der Waals surface area (Å²) in [7, 11) is 2.06. The Bertz CT molecular complexity index is 730. The Morgan fingerprint density at radius 3 is 2.60 bits per heavy atom. The molecule has 1 N–H and O–H groups in total. The molecule has 3 rings (SSSR count). The normalized spacial score (nSPS) is 15.4. The summed E-state index contributed by atoms with van der Waals surface area (Å²) in [5, 5.41) is 4.78. The minimum Gasteiger partial charge on any atom is -0.342 e. The summed E-state index contributed by atoms with van der Waals surface area (Å²) in [5.74, 6) is -0.176. The van der Waals surface area contributed by atoms with Crippen LogP contribution in [0.1, 0.15) is 33.5 Å². The number of carbonyl (C=O) groups excluding carboxylic acids is 2. The Morgan fingerprint density at radius 2 is 1.96 bits per heavy atom. The van der Waals surface area contributed by atoms with Crippen LogP contribution >= 0.6 is 11.3 Å². The van der Waals surface area contributed by atoms with Crippen molar-refractivity contribution in [1.82, 2.24) is 14.4 Å². The number of anilines is 1. The van der Waals surface area contributed by atoms with Gasteiger partial charge in [0.1, 0.15) is 5.69 Å². The number of amides is 2. The Morgan fingerprint density at radius 1 is 1.20 bits per heavy atom. The van der Waals surface area contributed by atoms with Gasteiger partial charge in [-0.2, -0.15) is 0 Å². The third-order valence-corrected chi connectivity index (χ3v) is 5.28. The Labute approximate surface area is 152 Å². The van der Waals surface area contributed by atoms with Crippen LogP contribution in [0.3, 0.4) is 0 Å². The van der Waals surface area contributed by atoms with Crippen molar-refractivity contribution in [2.75, 3.05) is 38.5 Å². The number of carbonyl (C=O) groups is 2. The van der Waals surface area contributed by atoms with E-state index >= 15 is 0 Å². The number of aromatic nitrogens is 1. The van der Waals surface area contributed by atoms with Gasteiger partial charge in [-0.25, -0.2) is 0 Å². The fourth-order valence-corrected chi connectivity index (χ4v) is 3.61. The summed E-state index contributed by atoms with van der Waals surface area (Å²) in [6, 6.07) is 5.45. The lowest BCUT2D eigenvalue weighted by atomic mass is 10.2. The first-order valence-corrected chi connectivity index (χ1v) is 9.50. The van der Waals surface area contributed by atoms with E-state index in [9.17, 15) is 9.59 Å². The second kappa shape index (κ2) is 7.84. The largest absolute Gasteiger partial charge is 0.342 e. The standard InChI is InChI=1S/C18H24N4O2S/c1-3-7-21-8-6-14(19-17(23)15-5-4-13-25-15)16(21)18(24)22-11-9-20(2)10-12-22/h4-6,8,13H,3,7,9-12H2,1-2H3,(H,19,23). The molecule has 1 saturated heterocycles. The number of nitrogens with one attached hydrogen (secondary N) is 1. The number of likely N-dealkylation sites (N-methyl/N-ethyl adjacent to an activating group) is 1. The zero-order chi connectivity index (χ0) is 17.8. The van der Waals surface area contributed by atoms with Crippen molar-refractivity contribution in [3.05, 3.63) is 40.3 Å². The molecule has 1 aliphatic rings. The van der Waals surface area contributed by atoms with Crippen LogP contribution < -0.4 is 5.32 Å². The Kier molecular flexibility index (Phi) is 5.55. The summed E-state index contributed by atoms with van der Waals surface area (Å²) in [6.07, 6.45) is 2.81. The van der Waals surface area contributed by atoms with Crippen LogP contribution in [0.15, 0.2) is 29.8 Å². The summed E-state index contributed by atoms with van der Waals surface area (Å²) in [4.78, 5) is 30.2. The van der Waals surface area contributed by atoms with Gasteiger partial charge < -0.3 is 19.7 Å². The molecule has 2 amide bonds. The van der Waals surface area contributed by atoms with Crippen LogP contribution in [0.25, 0.3) is 0 Å². The smallest absolute Gasteiger partial charge is 0.272 e. The van der Waals surface area contributed by atoms with Gasteiger partial charge in [0.25, 0.3) is 11.8 Å². The number of nitrogens with zero attached hydrogens (tertiary/aromatic N) is 3. The van der Waals surface area contributed by atoms with Crippen molar-refractivity contribution in [2.24, 2.45) is 0 Å². The van der Waals surface area contributed by atoms with Gasteiger partial charge in [-0.3, -0.25) is 9.59 Å². The zero-order valence-electron chi connectivity index (χ0n) is 14.7. The lowest BCUT2D eigenvalue weighted by Crippen LogP contribution is -2.47. The second-order valence-corrected chi connectivity index (χ2v) is 7.25. The van der Waals surface area contributed by atoms with E-state index in [-0.39, 0.29) is 11.8 Å². The average Bonchev–Trinajstić information content (AvgIpc) is 3.26. The van der Waals surface area contributed by atoms with Crippen LogP contribution in [-0.2, 0) is 6.54 Å². The van der Waals surface area contributed by atoms with E-state index in [1.807, 2.05) is 33.2 Å². The molecule has 25 heavy (non-hydrogen) atoms. The number of hydrogen-bond donors (Lipinski definition) is 1. The minimum absolute atomic E-state index is 0.00645. The Hall–Kier alpha value is -2.12. The summed E-state index contributed by atoms with van der Waals surface area (Å²) < 4.78 is 1.95. The molecule has 0 radical (unpaired) electrons. The van der Waals surface area contributed by atoms with Crippen LogP contribution in [0.5, 0.6) is 0 Å². The van der Waals surface area contributed by atoms with Gasteiger partial charge in [0.2, 0.25) is 0 Å². The third kappa shape index (κ3) is 3.93. The first-order chi connectivity index (χ1) is 12.1. The van der Waals surface area contributed by atoms with Crippen molar-refractivity contribution in [3.63, 3.8) is 0 Å². The number of piperazine rings is 1. The maximum atomic E-state index is 13.1. The minimum atomic E-state index is -0.170. The van der Waals surface area contributed by atoms with E-state index in [2.05, 4.69) is 24.2 Å². The maximum absolute atomic E-state index is 13.1. The molecule has 1 aliphatic heterocycles. The fraction of sp³-hybridized carbons (Fsp3) is 0.444. The lowest BCUT2D eigenvalue weighted by Gasteiger charge is -2.32. The van der Waals surface area contributed by atoms with Crippen molar-refractivity contribution in [1.29, 1.82) is 0 Å². The molecule has 0 atom stereocenters. The first kappa shape index (κ1) is 17.7. The van der Waals surface area contributed by atoms with E-state index in [1.165, 1.54) is 11.3 Å². The van der Waals surface area contributed by atoms with Crippen molar-refractivity contribution < 1.29 is 9.59 Å². The third-order valence-electron chi connectivity index (χ3n) is 4.41. The molecule has 6 nitrogen and oxygen atoms in total. The second-order valence-electron chi connectivity index (χ2n) is 6.30. The maximum Gasteiger partial charge on any atom is 0.272 e. The number of rotatable bonds is 5. The molecule has 7 heteroatoms. The topological polar surface area (TPSA) is 57.6 Å². The average molecular weight is 360 g/mol. The van der Waals surface area contributed by atoms with E-state index < -0.39 is 0 Å². The van der Waals surface area contributed by atoms with Crippen LogP contribution in [0, 0.1) is 0 Å². The molecule has 0 spiro atoms. The molecule has 0 bridgehead atoms. The van der Waals surface area contributed by atoms with E-state index in [0.29, 0.717) is 29.3 Å². The van der Waals surface area contributed by atoms with Crippen LogP contribution in [-0.4, -0.2) is 59.4 Å². The van der Waals surface area contributed by atoms with Gasteiger partial charge in [0.05, 0.1) is 10.6 Å². The van der Waals surface area contributed by atoms with Crippen molar-refractivity contribution >= 4 is 28.8 Å². The molecular formula is C18H24N4O2S. The lowest BCUT2D eigenvalue weighted by molar-refractivity contribution is 0.0654. The van der Waals surface area contributed by atoms with Gasteiger partial charge in [-0.05, 0) is 31.0 Å². The molecule has 2 aromatic heterocycles. The fourth-order valence-electron chi connectivity index (χ4n) is 2.99. The molecule has 0 unspecified atom stereocenters. The molecule has 134 valence electrons. The molecule has 1 fully saturated rings. The van der Waals surface area contributed by atoms with Gasteiger partial charge in [-0.1, -0.05) is 13.0 Å². The predicted molar refractivity (Wildman–Crippen MR) is 100 cm³/mol. The van der Waals surface area contributed by atoms with Crippen molar-refractivity contribution in [2.45, 2.75) is 19.9 Å². The molecule has 0 aromatic carbocycles. The van der Waals surface area contributed by atoms with Gasteiger partial charge >= 0.3 is 0 Å². The first-order valence-electron chi connectivity index (χ1n) is 8.62. The van der Waals surface area contributed by atoms with E-state index in [0.717, 1.165) is 26.1 Å². The zero-order valence-corrected chi connectivity index (χ0v) is 15.5. The highest BCUT2D eigenvalue weighted by Gasteiger charge is 2.26. The predicted octanol–water partition coefficient (Wildman–Crippen LogP) is 2.60. The molecule has 0 saturated carbocycles. The van der Waals surface area contributed by atoms with Crippen LogP contribution in [0.2, 0.25) is 0 Å².